The minimum Gasteiger partial charge on any atom is -0.508 e. The normalized spacial score (nSPS) is 31.4. The number of hydrogen-bond donors (Lipinski definition) is 2. The van der Waals surface area contributed by atoms with Gasteiger partial charge < -0.3 is 15.1 Å². The van der Waals surface area contributed by atoms with Crippen molar-refractivity contribution in [3.05, 3.63) is 29.3 Å². The summed E-state index contributed by atoms with van der Waals surface area (Å²) in [6, 6.07) is 6.05. The van der Waals surface area contributed by atoms with Gasteiger partial charge in [0, 0.05) is 20.0 Å². The molecule has 2 saturated carbocycles. The first-order valence-electron chi connectivity index (χ1n) is 16.1. The molecule has 0 radical (unpaired) electrons. The number of carbonyl (C=O) groups excluding carboxylic acids is 1. The summed E-state index contributed by atoms with van der Waals surface area (Å²) in [5, 5.41) is 21.1. The smallest absolute Gasteiger partial charge is 0.222 e. The van der Waals surface area contributed by atoms with Crippen LogP contribution in [0, 0.1) is 23.2 Å². The van der Waals surface area contributed by atoms with E-state index in [9.17, 15) is 15.0 Å². The highest BCUT2D eigenvalue weighted by molar-refractivity contribution is 6.21. The molecule has 3 unspecified atom stereocenters. The maximum Gasteiger partial charge on any atom is 0.222 e. The van der Waals surface area contributed by atoms with Crippen LogP contribution < -0.4 is 0 Å². The number of aliphatic hydroxyl groups excluding tert-OH is 1. The molecule has 0 aromatic heterocycles. The van der Waals surface area contributed by atoms with Crippen LogP contribution >= 0.6 is 11.6 Å². The third-order valence-electron chi connectivity index (χ3n) is 10.8. The van der Waals surface area contributed by atoms with E-state index < -0.39 is 6.10 Å². The van der Waals surface area contributed by atoms with Crippen LogP contribution in [0.5, 0.6) is 5.75 Å². The molecule has 0 heterocycles. The van der Waals surface area contributed by atoms with Crippen molar-refractivity contribution < 1.29 is 15.0 Å². The van der Waals surface area contributed by atoms with E-state index in [4.69, 9.17) is 11.6 Å². The van der Waals surface area contributed by atoms with Gasteiger partial charge in [-0.3, -0.25) is 4.79 Å². The Kier molecular flexibility index (Phi) is 11.1. The Labute approximate surface area is 242 Å². The van der Waals surface area contributed by atoms with Crippen LogP contribution in [0.3, 0.4) is 0 Å². The second-order valence-electron chi connectivity index (χ2n) is 13.4. The van der Waals surface area contributed by atoms with Crippen molar-refractivity contribution in [1.82, 2.24) is 4.90 Å². The van der Waals surface area contributed by atoms with Crippen LogP contribution in [0.25, 0.3) is 0 Å². The number of phenolic OH excluding ortho intramolecular Hbond substituents is 1. The predicted octanol–water partition coefficient (Wildman–Crippen LogP) is 8.21. The molecule has 39 heavy (non-hydrogen) atoms. The van der Waals surface area contributed by atoms with Gasteiger partial charge in [0.05, 0.1) is 11.5 Å². The highest BCUT2D eigenvalue weighted by atomic mass is 35.5. The molecule has 2 N–H and O–H groups in total. The fourth-order valence-electron chi connectivity index (χ4n) is 8.46. The number of phenols is 1. The number of nitrogens with zero attached hydrogens (tertiary/aromatic N) is 1. The van der Waals surface area contributed by atoms with E-state index >= 15 is 0 Å². The maximum atomic E-state index is 12.2. The highest BCUT2D eigenvalue weighted by Crippen LogP contribution is 2.63. The van der Waals surface area contributed by atoms with Gasteiger partial charge in [0.15, 0.2) is 0 Å². The number of hydrogen-bond acceptors (Lipinski definition) is 3. The van der Waals surface area contributed by atoms with Crippen molar-refractivity contribution in [2.45, 2.75) is 134 Å². The van der Waals surface area contributed by atoms with E-state index in [1.807, 2.05) is 24.1 Å². The molecule has 1 amide bonds. The summed E-state index contributed by atoms with van der Waals surface area (Å²) < 4.78 is 0. The Morgan fingerprint density at radius 2 is 1.77 bits per heavy atom. The first-order valence-corrected chi connectivity index (χ1v) is 16.6. The second-order valence-corrected chi connectivity index (χ2v) is 14.0. The minimum absolute atomic E-state index is 0.0597. The average molecular weight is 560 g/mol. The van der Waals surface area contributed by atoms with Gasteiger partial charge >= 0.3 is 0 Å². The molecule has 0 bridgehead atoms. The zero-order valence-electron chi connectivity index (χ0n) is 24.8. The van der Waals surface area contributed by atoms with Crippen LogP contribution in [-0.4, -0.2) is 46.1 Å². The lowest BCUT2D eigenvalue weighted by Gasteiger charge is -2.53. The van der Waals surface area contributed by atoms with Gasteiger partial charge in [0.2, 0.25) is 5.91 Å². The summed E-state index contributed by atoms with van der Waals surface area (Å²) in [4.78, 5) is 14.1. The molecule has 2 fully saturated rings. The Balaban J connectivity index is 1.21. The molecule has 1 aromatic rings. The number of aliphatic hydroxyl groups is 1. The van der Waals surface area contributed by atoms with E-state index in [1.54, 1.807) is 0 Å². The van der Waals surface area contributed by atoms with Crippen LogP contribution in [0.1, 0.15) is 127 Å². The van der Waals surface area contributed by atoms with Crippen LogP contribution in [-0.2, 0) is 11.2 Å². The lowest BCUT2D eigenvalue weighted by atomic mass is 9.52. The number of alkyl halides is 1. The Hall–Kier alpha value is -1.26. The number of carbonyl (C=O) groups is 1. The van der Waals surface area contributed by atoms with Crippen LogP contribution in [0.2, 0.25) is 0 Å². The quantitative estimate of drug-likeness (QED) is 0.178. The third-order valence-corrected chi connectivity index (χ3v) is 11.2. The summed E-state index contributed by atoms with van der Waals surface area (Å²) in [6.07, 6.45) is 17.7. The number of benzene rings is 1. The molecule has 3 aliphatic carbocycles. The lowest BCUT2D eigenvalue weighted by Crippen LogP contribution is -2.47. The van der Waals surface area contributed by atoms with E-state index in [-0.39, 0.29) is 10.8 Å². The van der Waals surface area contributed by atoms with Gasteiger partial charge in [-0.25, -0.2) is 0 Å². The average Bonchev–Trinajstić information content (AvgIpc) is 3.15. The van der Waals surface area contributed by atoms with Gasteiger partial charge in [-0.05, 0) is 97.3 Å². The molecule has 4 nitrogen and oxygen atoms in total. The van der Waals surface area contributed by atoms with Gasteiger partial charge in [-0.1, -0.05) is 71.3 Å². The number of aromatic hydroxyl groups is 1. The zero-order valence-corrected chi connectivity index (χ0v) is 25.6. The Morgan fingerprint density at radius 1 is 1.08 bits per heavy atom. The second kappa shape index (κ2) is 14.1. The van der Waals surface area contributed by atoms with E-state index in [2.05, 4.69) is 19.9 Å². The maximum absolute atomic E-state index is 12.2. The monoisotopic (exact) mass is 559 g/mol. The molecule has 5 heteroatoms. The van der Waals surface area contributed by atoms with Crippen molar-refractivity contribution in [3.63, 3.8) is 0 Å². The Morgan fingerprint density at radius 3 is 2.49 bits per heavy atom. The molecule has 0 aliphatic heterocycles. The molecule has 1 aromatic carbocycles. The molecule has 220 valence electrons. The number of rotatable bonds is 14. The predicted molar refractivity (Wildman–Crippen MR) is 161 cm³/mol. The molecule has 7 atom stereocenters. The van der Waals surface area contributed by atoms with Crippen molar-refractivity contribution >= 4 is 17.5 Å². The third kappa shape index (κ3) is 7.15. The fraction of sp³-hybridized carbons (Fsp3) is 0.794. The van der Waals surface area contributed by atoms with Crippen molar-refractivity contribution in [3.8, 4) is 5.75 Å². The van der Waals surface area contributed by atoms with E-state index in [0.29, 0.717) is 41.7 Å². The number of fused-ring (bicyclic) bond motifs is 5. The summed E-state index contributed by atoms with van der Waals surface area (Å²) in [5.41, 5.74) is 2.73. The molecule has 0 spiro atoms. The summed E-state index contributed by atoms with van der Waals surface area (Å²) in [7, 11) is 1.94. The van der Waals surface area contributed by atoms with Crippen molar-refractivity contribution in [1.29, 1.82) is 0 Å². The Bertz CT molecular complexity index is 937. The molecule has 0 saturated heterocycles. The van der Waals surface area contributed by atoms with Crippen molar-refractivity contribution in [2.24, 2.45) is 23.2 Å². The van der Waals surface area contributed by atoms with Gasteiger partial charge in [0.1, 0.15) is 5.75 Å². The molecular formula is C34H54ClNO3. The first kappa shape index (κ1) is 30.7. The van der Waals surface area contributed by atoms with E-state index in [1.165, 1.54) is 62.5 Å². The largest absolute Gasteiger partial charge is 0.508 e. The SMILES string of the molecule is CCCCN(C)C(=O)CCCCCCCCCC[C@@H]1Cc2cc(O)ccc2C2CC[C@@]3(C)C(C[C@@H](Cl)[C@@H]3O)C21. The summed E-state index contributed by atoms with van der Waals surface area (Å²) in [5.74, 6) is 2.90. The van der Waals surface area contributed by atoms with E-state index in [0.717, 1.165) is 51.5 Å². The van der Waals surface area contributed by atoms with Gasteiger partial charge in [0.25, 0.3) is 0 Å². The highest BCUT2D eigenvalue weighted by Gasteiger charge is 2.59. The first-order chi connectivity index (χ1) is 18.8. The topological polar surface area (TPSA) is 60.8 Å². The number of amides is 1. The molecule has 3 aliphatic rings. The lowest BCUT2D eigenvalue weighted by molar-refractivity contribution is -0.130. The minimum atomic E-state index is -0.396. The molecule has 4 rings (SSSR count). The van der Waals surface area contributed by atoms with Crippen LogP contribution in [0.15, 0.2) is 18.2 Å². The van der Waals surface area contributed by atoms with Crippen molar-refractivity contribution in [2.75, 3.05) is 13.6 Å². The molecular weight excluding hydrogens is 506 g/mol. The standard InChI is InChI=1S/C34H54ClNO3/c1-4-5-20-36(3)31(38)15-13-11-9-7-6-8-10-12-14-24-21-25-22-26(37)16-17-27(25)28-18-19-34(2)29(32(24)28)23-30(35)33(34)39/h16-17,22,24,28-30,32-33,37,39H,4-15,18-21,23H2,1-3H3/t24-,28?,29?,30-,32?,33+,34+/m1/s1. The van der Waals surface area contributed by atoms with Gasteiger partial charge in [-0.2, -0.15) is 0 Å². The zero-order chi connectivity index (χ0) is 28.0. The number of unbranched alkanes of at least 4 members (excludes halogenated alkanes) is 8. The fourth-order valence-corrected chi connectivity index (χ4v) is 8.94. The van der Waals surface area contributed by atoms with Gasteiger partial charge in [-0.15, -0.1) is 11.6 Å². The summed E-state index contributed by atoms with van der Waals surface area (Å²) >= 11 is 6.68. The number of halogens is 1. The summed E-state index contributed by atoms with van der Waals surface area (Å²) in [6.45, 7) is 5.35. The van der Waals surface area contributed by atoms with Crippen LogP contribution in [0.4, 0.5) is 0 Å².